The van der Waals surface area contributed by atoms with Crippen molar-refractivity contribution in [1.29, 1.82) is 0 Å². The van der Waals surface area contributed by atoms with Gasteiger partial charge < -0.3 is 4.90 Å². The Kier molecular flexibility index (Phi) is 8.71. The van der Waals surface area contributed by atoms with Crippen molar-refractivity contribution in [3.05, 3.63) is 161 Å². The molecule has 0 unspecified atom stereocenters. The van der Waals surface area contributed by atoms with Crippen LogP contribution in [0.25, 0.3) is 33.4 Å². The van der Waals surface area contributed by atoms with Crippen molar-refractivity contribution in [2.75, 3.05) is 4.90 Å². The summed E-state index contributed by atoms with van der Waals surface area (Å²) >= 11 is 0. The maximum atomic E-state index is 2.36. The summed E-state index contributed by atoms with van der Waals surface area (Å²) in [6.07, 6.45) is 2.29. The van der Waals surface area contributed by atoms with Crippen molar-refractivity contribution in [3.8, 4) is 33.4 Å². The average Bonchev–Trinajstić information content (AvgIpc) is 3.03. The topological polar surface area (TPSA) is 3.24 Å². The van der Waals surface area contributed by atoms with Gasteiger partial charge in [0.25, 0.3) is 0 Å². The van der Waals surface area contributed by atoms with Gasteiger partial charge in [0, 0.05) is 17.1 Å². The maximum absolute atomic E-state index is 2.36. The van der Waals surface area contributed by atoms with Crippen LogP contribution < -0.4 is 4.90 Å². The van der Waals surface area contributed by atoms with Gasteiger partial charge in [-0.25, -0.2) is 0 Å². The van der Waals surface area contributed by atoms with Crippen LogP contribution in [0.4, 0.5) is 17.1 Å². The standard InChI is InChI=1S/C44H43N/c1-7-8-35-11-26-44(34(6)29-35)38-16-22-41(23-17-38)45(39-18-12-36(13-19-39)42-24-9-30(2)27-32(42)4)40-20-14-37(15-21-40)43-25-10-31(3)28-33(43)5/h9-29H,7-8H2,1-6H3. The Balaban J connectivity index is 1.38. The third kappa shape index (κ3) is 6.49. The van der Waals surface area contributed by atoms with Gasteiger partial charge in [-0.3, -0.25) is 0 Å². The van der Waals surface area contributed by atoms with E-state index in [1.165, 1.54) is 73.2 Å². The molecule has 45 heavy (non-hydrogen) atoms. The predicted octanol–water partition coefficient (Wildman–Crippen LogP) is 12.7. The SMILES string of the molecule is CCCc1ccc(-c2ccc(N(c3ccc(-c4ccc(C)cc4C)cc3)c3ccc(-c4ccc(C)cc4C)cc3)cc2)c(C)c1. The Morgan fingerprint density at radius 1 is 0.400 bits per heavy atom. The maximum Gasteiger partial charge on any atom is 0.0462 e. The molecule has 1 heteroatoms. The number of anilines is 3. The minimum absolute atomic E-state index is 1.12. The van der Waals surface area contributed by atoms with E-state index < -0.39 is 0 Å². The van der Waals surface area contributed by atoms with Gasteiger partial charge >= 0.3 is 0 Å². The lowest BCUT2D eigenvalue weighted by Gasteiger charge is -2.26. The van der Waals surface area contributed by atoms with Crippen molar-refractivity contribution in [2.24, 2.45) is 0 Å². The molecule has 1 nitrogen and oxygen atoms in total. The second kappa shape index (κ2) is 13.0. The van der Waals surface area contributed by atoms with Gasteiger partial charge in [-0.15, -0.1) is 0 Å². The molecule has 0 saturated carbocycles. The summed E-state index contributed by atoms with van der Waals surface area (Å²) in [5.74, 6) is 0. The molecule has 0 aliphatic heterocycles. The molecule has 6 aromatic rings. The van der Waals surface area contributed by atoms with Crippen LogP contribution in [0.3, 0.4) is 0 Å². The summed E-state index contributed by atoms with van der Waals surface area (Å²) in [4.78, 5) is 2.36. The van der Waals surface area contributed by atoms with Crippen LogP contribution in [0, 0.1) is 34.6 Å². The molecule has 6 rings (SSSR count). The van der Waals surface area contributed by atoms with Crippen LogP contribution in [0.2, 0.25) is 0 Å². The second-order valence-corrected chi connectivity index (χ2v) is 12.5. The monoisotopic (exact) mass is 585 g/mol. The molecule has 0 aliphatic carbocycles. The van der Waals surface area contributed by atoms with E-state index in [2.05, 4.69) is 174 Å². The first kappa shape index (κ1) is 30.2. The van der Waals surface area contributed by atoms with E-state index in [1.807, 2.05) is 0 Å². The Morgan fingerprint density at radius 2 is 0.756 bits per heavy atom. The Morgan fingerprint density at radius 3 is 1.09 bits per heavy atom. The van der Waals surface area contributed by atoms with Gasteiger partial charge in [-0.05, 0) is 133 Å². The lowest BCUT2D eigenvalue weighted by molar-refractivity contribution is 0.920. The van der Waals surface area contributed by atoms with Crippen LogP contribution in [-0.4, -0.2) is 0 Å². The van der Waals surface area contributed by atoms with Crippen LogP contribution in [-0.2, 0) is 6.42 Å². The zero-order valence-electron chi connectivity index (χ0n) is 27.5. The molecular formula is C44H43N. The molecule has 6 aromatic carbocycles. The molecule has 224 valence electrons. The normalized spacial score (nSPS) is 11.1. The highest BCUT2D eigenvalue weighted by molar-refractivity contribution is 5.82. The highest BCUT2D eigenvalue weighted by atomic mass is 15.1. The largest absolute Gasteiger partial charge is 0.311 e. The average molecular weight is 586 g/mol. The number of hydrogen-bond donors (Lipinski definition) is 0. The highest BCUT2D eigenvalue weighted by Gasteiger charge is 2.15. The zero-order chi connectivity index (χ0) is 31.5. The van der Waals surface area contributed by atoms with Gasteiger partial charge in [-0.2, -0.15) is 0 Å². The van der Waals surface area contributed by atoms with Crippen molar-refractivity contribution < 1.29 is 0 Å². The van der Waals surface area contributed by atoms with E-state index in [0.29, 0.717) is 0 Å². The molecule has 0 N–H and O–H groups in total. The van der Waals surface area contributed by atoms with Gasteiger partial charge in [0.2, 0.25) is 0 Å². The number of rotatable bonds is 8. The lowest BCUT2D eigenvalue weighted by atomic mass is 9.96. The molecule has 0 radical (unpaired) electrons. The number of hydrogen-bond acceptors (Lipinski definition) is 1. The van der Waals surface area contributed by atoms with Gasteiger partial charge in [0.05, 0.1) is 0 Å². The lowest BCUT2D eigenvalue weighted by Crippen LogP contribution is -2.09. The Bertz CT molecular complexity index is 1830. The summed E-state index contributed by atoms with van der Waals surface area (Å²) in [5.41, 5.74) is 18.9. The molecule has 0 heterocycles. The molecule has 0 fully saturated rings. The molecule has 0 spiro atoms. The van der Waals surface area contributed by atoms with E-state index >= 15 is 0 Å². The fourth-order valence-electron chi connectivity index (χ4n) is 6.59. The molecule has 0 aliphatic rings. The number of aryl methyl sites for hydroxylation is 6. The van der Waals surface area contributed by atoms with Crippen LogP contribution in [0.15, 0.2) is 127 Å². The minimum Gasteiger partial charge on any atom is -0.311 e. The highest BCUT2D eigenvalue weighted by Crippen LogP contribution is 2.38. The molecule has 0 aromatic heterocycles. The number of benzene rings is 6. The Hall–Kier alpha value is -4.88. The summed E-state index contributed by atoms with van der Waals surface area (Å²) in [6, 6.07) is 47.3. The van der Waals surface area contributed by atoms with Gasteiger partial charge in [-0.1, -0.05) is 115 Å². The summed E-state index contributed by atoms with van der Waals surface area (Å²) in [5, 5.41) is 0. The fraction of sp³-hybridized carbons (Fsp3) is 0.182. The second-order valence-electron chi connectivity index (χ2n) is 12.5. The smallest absolute Gasteiger partial charge is 0.0462 e. The van der Waals surface area contributed by atoms with Crippen LogP contribution in [0.5, 0.6) is 0 Å². The first-order valence-electron chi connectivity index (χ1n) is 16.2. The summed E-state index contributed by atoms with van der Waals surface area (Å²) in [6.45, 7) is 13.2. The van der Waals surface area contributed by atoms with E-state index in [0.717, 1.165) is 23.5 Å². The molecule has 0 atom stereocenters. The number of nitrogens with zero attached hydrogens (tertiary/aromatic N) is 1. The predicted molar refractivity (Wildman–Crippen MR) is 195 cm³/mol. The summed E-state index contributed by atoms with van der Waals surface area (Å²) < 4.78 is 0. The molecule has 0 saturated heterocycles. The van der Waals surface area contributed by atoms with Crippen LogP contribution in [0.1, 0.15) is 46.7 Å². The molecule has 0 bridgehead atoms. The van der Waals surface area contributed by atoms with E-state index in [-0.39, 0.29) is 0 Å². The van der Waals surface area contributed by atoms with Gasteiger partial charge in [0.15, 0.2) is 0 Å². The zero-order valence-corrected chi connectivity index (χ0v) is 27.5. The molecular weight excluding hydrogens is 542 g/mol. The Labute approximate surface area is 269 Å². The van der Waals surface area contributed by atoms with Gasteiger partial charge in [0.1, 0.15) is 0 Å². The first-order chi connectivity index (χ1) is 21.8. The van der Waals surface area contributed by atoms with Crippen LogP contribution >= 0.6 is 0 Å². The van der Waals surface area contributed by atoms with Crippen molar-refractivity contribution in [3.63, 3.8) is 0 Å². The van der Waals surface area contributed by atoms with E-state index in [1.54, 1.807) is 0 Å². The minimum atomic E-state index is 1.12. The quantitative estimate of drug-likeness (QED) is 0.172. The summed E-state index contributed by atoms with van der Waals surface area (Å²) in [7, 11) is 0. The van der Waals surface area contributed by atoms with E-state index in [9.17, 15) is 0 Å². The third-order valence-corrected chi connectivity index (χ3v) is 8.90. The first-order valence-corrected chi connectivity index (χ1v) is 16.2. The third-order valence-electron chi connectivity index (χ3n) is 8.90. The van der Waals surface area contributed by atoms with Crippen molar-refractivity contribution in [2.45, 2.75) is 54.4 Å². The van der Waals surface area contributed by atoms with Crippen molar-refractivity contribution in [1.82, 2.24) is 0 Å². The van der Waals surface area contributed by atoms with E-state index in [4.69, 9.17) is 0 Å². The molecule has 0 amide bonds. The van der Waals surface area contributed by atoms with Crippen molar-refractivity contribution >= 4 is 17.1 Å². The fourth-order valence-corrected chi connectivity index (χ4v) is 6.59.